The molecule has 0 bridgehead atoms. The van der Waals surface area contributed by atoms with Crippen LogP contribution in [0.4, 0.5) is 13.4 Å². The van der Waals surface area contributed by atoms with Crippen molar-refractivity contribution in [1.29, 1.82) is 0 Å². The second-order valence-electron chi connectivity index (χ2n) is 8.54. The molecule has 0 unspecified atom stereocenters. The Bertz CT molecular complexity index is 1580. The van der Waals surface area contributed by atoms with Crippen molar-refractivity contribution < 1.29 is 37.0 Å². The maximum Gasteiger partial charge on any atom is 0.399 e. The lowest BCUT2D eigenvalue weighted by atomic mass is 10.1. The van der Waals surface area contributed by atoms with E-state index in [0.717, 1.165) is 0 Å². The lowest BCUT2D eigenvalue weighted by molar-refractivity contribution is -0.0881. The second kappa shape index (κ2) is 12.2. The first-order valence-electron chi connectivity index (χ1n) is 11.4. The molecule has 0 N–H and O–H groups in total. The minimum atomic E-state index is -4.59. The lowest BCUT2D eigenvalue weighted by Crippen LogP contribution is -2.25. The van der Waals surface area contributed by atoms with Crippen molar-refractivity contribution in [3.8, 4) is 11.3 Å². The smallest absolute Gasteiger partial charge is 0.399 e. The van der Waals surface area contributed by atoms with E-state index in [-0.39, 0.29) is 24.3 Å². The Morgan fingerprint density at radius 2 is 1.59 bits per heavy atom. The zero-order chi connectivity index (χ0) is 28.2. The number of carbonyl (C=O) groups excluding carboxylic acids is 1. The first-order valence-corrected chi connectivity index (χ1v) is 13.9. The van der Waals surface area contributed by atoms with Gasteiger partial charge in [-0.05, 0) is 61.6 Å². The highest BCUT2D eigenvalue weighted by Crippen LogP contribution is 2.53. The molecule has 0 radical (unpaired) electrons. The molecule has 0 aliphatic heterocycles. The zero-order valence-corrected chi connectivity index (χ0v) is 22.8. The van der Waals surface area contributed by atoms with E-state index in [2.05, 4.69) is 25.4 Å². The van der Waals surface area contributed by atoms with Crippen molar-refractivity contribution in [3.63, 3.8) is 0 Å². The van der Waals surface area contributed by atoms with E-state index in [9.17, 15) is 27.6 Å². The van der Waals surface area contributed by atoms with E-state index in [4.69, 9.17) is 4.74 Å². The zero-order valence-electron chi connectivity index (χ0n) is 20.4. The van der Waals surface area contributed by atoms with Crippen LogP contribution in [0.15, 0.2) is 82.2 Å². The molecule has 3 aromatic carbocycles. The summed E-state index contributed by atoms with van der Waals surface area (Å²) < 4.78 is 64.7. The Labute approximate surface area is 229 Å². The van der Waals surface area contributed by atoms with Gasteiger partial charge in [-0.2, -0.15) is 0 Å². The van der Waals surface area contributed by atoms with Crippen molar-refractivity contribution in [2.45, 2.75) is 19.3 Å². The number of aromatic nitrogens is 2. The molecule has 39 heavy (non-hydrogen) atoms. The number of hydrogen-bond acceptors (Lipinski definition) is 6. The summed E-state index contributed by atoms with van der Waals surface area (Å²) in [6.07, 6.45) is 1.00. The van der Waals surface area contributed by atoms with E-state index in [1.54, 1.807) is 54.7 Å². The van der Waals surface area contributed by atoms with Gasteiger partial charge in [-0.3, -0.25) is 13.7 Å². The molecule has 0 saturated heterocycles. The minimum Gasteiger partial charge on any atom is -0.465 e. The number of hydrogen-bond donors (Lipinski definition) is 0. The molecule has 8 nitrogen and oxygen atoms in total. The van der Waals surface area contributed by atoms with Gasteiger partial charge in [0.2, 0.25) is 0 Å². The van der Waals surface area contributed by atoms with Gasteiger partial charge in [0.15, 0.2) is 0 Å². The highest BCUT2D eigenvalue weighted by atomic mass is 79.9. The van der Waals surface area contributed by atoms with Crippen LogP contribution in [0.5, 0.6) is 0 Å². The summed E-state index contributed by atoms with van der Waals surface area (Å²) in [5.41, 5.74) is 2.79. The number of esters is 1. The maximum atomic E-state index is 13.5. The van der Waals surface area contributed by atoms with Crippen molar-refractivity contribution in [1.82, 2.24) is 9.13 Å². The van der Waals surface area contributed by atoms with Gasteiger partial charge in [-0.15, -0.1) is 9.46 Å². The van der Waals surface area contributed by atoms with Crippen LogP contribution in [0.3, 0.4) is 0 Å². The molecule has 0 aliphatic carbocycles. The van der Waals surface area contributed by atoms with Gasteiger partial charge in [-0.25, -0.2) is 14.0 Å². The van der Waals surface area contributed by atoms with Crippen LogP contribution in [0, 0.1) is 5.82 Å². The topological polar surface area (TPSA) is 88.8 Å². The molecule has 4 aromatic rings. The fourth-order valence-electron chi connectivity index (χ4n) is 3.98. The third-order valence-corrected chi connectivity index (χ3v) is 7.83. The largest absolute Gasteiger partial charge is 0.465 e. The lowest BCUT2D eigenvalue weighted by Gasteiger charge is -2.12. The van der Waals surface area contributed by atoms with Crippen LogP contribution in [-0.4, -0.2) is 22.2 Å². The molecule has 0 fully saturated rings. The molecular weight excluding hydrogens is 604 g/mol. The van der Waals surface area contributed by atoms with E-state index in [0.29, 0.717) is 32.4 Å². The predicted molar refractivity (Wildman–Crippen MR) is 140 cm³/mol. The molecular formula is C26H21BrF3N2O6P. The van der Waals surface area contributed by atoms with E-state index in [1.165, 1.54) is 34.4 Å². The Hall–Kier alpha value is -3.44. The van der Waals surface area contributed by atoms with Crippen LogP contribution in [0.1, 0.15) is 27.0 Å². The van der Waals surface area contributed by atoms with E-state index < -0.39 is 25.5 Å². The van der Waals surface area contributed by atoms with Crippen LogP contribution < -0.4 is 5.69 Å². The van der Waals surface area contributed by atoms with Crippen LogP contribution in [-0.2, 0) is 38.0 Å². The summed E-state index contributed by atoms with van der Waals surface area (Å²) in [5.74, 6) is -0.893. The summed E-state index contributed by atoms with van der Waals surface area (Å²) in [5, 5.41) is 0. The average molecular weight is 625 g/mol. The quantitative estimate of drug-likeness (QED) is 0.146. The summed E-state index contributed by atoms with van der Waals surface area (Å²) in [6.45, 7) is 0.281. The van der Waals surface area contributed by atoms with Crippen LogP contribution >= 0.6 is 23.5 Å². The molecule has 1 aromatic heterocycles. The highest BCUT2D eigenvalue weighted by Gasteiger charge is 2.29. The van der Waals surface area contributed by atoms with Gasteiger partial charge in [0.1, 0.15) is 5.82 Å². The average Bonchev–Trinajstić information content (AvgIpc) is 3.25. The fourth-order valence-corrected chi connectivity index (χ4v) is 5.57. The number of methoxy groups -OCH3 is 1. The first-order chi connectivity index (χ1) is 18.7. The van der Waals surface area contributed by atoms with Crippen molar-refractivity contribution >= 4 is 29.5 Å². The van der Waals surface area contributed by atoms with Crippen molar-refractivity contribution in [2.24, 2.45) is 0 Å². The number of imidazole rings is 1. The Balaban J connectivity index is 1.72. The third kappa shape index (κ3) is 6.59. The van der Waals surface area contributed by atoms with Gasteiger partial charge in [0.05, 0.1) is 37.6 Å². The molecule has 0 spiro atoms. The Morgan fingerprint density at radius 1 is 0.949 bits per heavy atom. The molecule has 0 amide bonds. The first kappa shape index (κ1) is 28.6. The number of rotatable bonds is 10. The van der Waals surface area contributed by atoms with Crippen LogP contribution in [0.2, 0.25) is 0 Å². The fraction of sp³-hybridized carbons (Fsp3) is 0.154. The van der Waals surface area contributed by atoms with E-state index >= 15 is 0 Å². The molecule has 4 rings (SSSR count). The second-order valence-corrected chi connectivity index (χ2v) is 11.2. The van der Waals surface area contributed by atoms with E-state index in [1.807, 2.05) is 0 Å². The van der Waals surface area contributed by atoms with Crippen molar-refractivity contribution in [2.75, 3.05) is 7.11 Å². The minimum absolute atomic E-state index is 0.0963. The standard InChI is InChI=1S/C26H21BrF3N2O6P/c1-36-25(33)20-8-6-19(7-9-20)24-15-31(13-17-3-10-22(28)11-4-17)26(34)32(24)14-18-2-5-21(23(27)12-18)16-39(35,37-29)38-30/h2-12,15H,13-14,16H2,1H3. The molecule has 0 saturated carbocycles. The van der Waals surface area contributed by atoms with Crippen molar-refractivity contribution in [3.05, 3.63) is 116 Å². The molecule has 13 heteroatoms. The van der Waals surface area contributed by atoms with Gasteiger partial charge in [0, 0.05) is 10.7 Å². The summed E-state index contributed by atoms with van der Waals surface area (Å²) in [4.78, 5) is 25.3. The van der Waals surface area contributed by atoms with Gasteiger partial charge in [-0.1, -0.05) is 52.3 Å². The highest BCUT2D eigenvalue weighted by molar-refractivity contribution is 9.10. The summed E-state index contributed by atoms with van der Waals surface area (Å²) >= 11 is 3.29. The van der Waals surface area contributed by atoms with Gasteiger partial charge >= 0.3 is 19.3 Å². The van der Waals surface area contributed by atoms with Gasteiger partial charge < -0.3 is 4.74 Å². The molecule has 1 heterocycles. The van der Waals surface area contributed by atoms with Gasteiger partial charge in [0.25, 0.3) is 0 Å². The number of halogens is 4. The number of carbonyl (C=O) groups is 1. The Morgan fingerprint density at radius 3 is 2.18 bits per heavy atom. The predicted octanol–water partition coefficient (Wildman–Crippen LogP) is 6.60. The number of benzene rings is 3. The summed E-state index contributed by atoms with van der Waals surface area (Å²) in [6, 6.07) is 17.0. The molecule has 0 atom stereocenters. The molecule has 0 aliphatic rings. The molecule has 204 valence electrons. The SMILES string of the molecule is COC(=O)c1ccc(-c2cn(Cc3ccc(F)cc3)c(=O)n2Cc2ccc(CP(=O)(OF)OF)c(Br)c2)cc1. The monoisotopic (exact) mass is 624 g/mol. The Kier molecular flexibility index (Phi) is 8.91. The number of ether oxygens (including phenoxy) is 1. The van der Waals surface area contributed by atoms with Crippen LogP contribution in [0.25, 0.3) is 11.3 Å². The third-order valence-electron chi connectivity index (χ3n) is 5.95. The summed E-state index contributed by atoms with van der Waals surface area (Å²) in [7, 11) is -3.31. The normalized spacial score (nSPS) is 11.5. The maximum absolute atomic E-state index is 13.5. The number of nitrogens with zero attached hydrogens (tertiary/aromatic N) is 2.